The van der Waals surface area contributed by atoms with E-state index in [4.69, 9.17) is 28.3 Å². The fraction of sp³-hybridized carbons (Fsp3) is 0. The van der Waals surface area contributed by atoms with Gasteiger partial charge in [-0.05, 0) is 12.1 Å². The van der Waals surface area contributed by atoms with Crippen molar-refractivity contribution >= 4 is 51.4 Å². The Morgan fingerprint density at radius 2 is 1.89 bits per heavy atom. The molecule has 0 aliphatic heterocycles. The number of amides is 1. The van der Waals surface area contributed by atoms with Crippen LogP contribution in [0.5, 0.6) is 0 Å². The van der Waals surface area contributed by atoms with E-state index in [0.29, 0.717) is 0 Å². The molecule has 8 heteroatoms. The van der Waals surface area contributed by atoms with Crippen LogP contribution >= 0.6 is 34.5 Å². The first-order valence-electron chi connectivity index (χ1n) is 4.93. The fourth-order valence-electron chi connectivity index (χ4n) is 1.37. The van der Waals surface area contributed by atoms with Gasteiger partial charge in [0, 0.05) is 0 Å². The van der Waals surface area contributed by atoms with Gasteiger partial charge >= 0.3 is 5.97 Å². The zero-order valence-corrected chi connectivity index (χ0v) is 11.5. The fourth-order valence-corrected chi connectivity index (χ4v) is 2.60. The number of carboxylic acids is 1. The third kappa shape index (κ3) is 2.86. The molecule has 0 fully saturated rings. The molecule has 19 heavy (non-hydrogen) atoms. The van der Waals surface area contributed by atoms with Crippen molar-refractivity contribution in [1.29, 1.82) is 0 Å². The summed E-state index contributed by atoms with van der Waals surface area (Å²) in [6.45, 7) is 0. The number of carboxylic acid groups (broad SMARTS) is 1. The summed E-state index contributed by atoms with van der Waals surface area (Å²) in [5.74, 6) is -1.80. The van der Waals surface area contributed by atoms with Crippen LogP contribution in [0.15, 0.2) is 23.7 Å². The van der Waals surface area contributed by atoms with Crippen molar-refractivity contribution < 1.29 is 14.7 Å². The van der Waals surface area contributed by atoms with E-state index in [1.165, 1.54) is 17.6 Å². The van der Waals surface area contributed by atoms with Crippen molar-refractivity contribution in [3.8, 4) is 0 Å². The van der Waals surface area contributed by atoms with Crippen LogP contribution in [0, 0.1) is 0 Å². The molecule has 0 aliphatic rings. The molecule has 0 aliphatic carbocycles. The van der Waals surface area contributed by atoms with E-state index in [9.17, 15) is 9.59 Å². The molecule has 0 radical (unpaired) electrons. The number of nitrogens with zero attached hydrogens (tertiary/aromatic N) is 1. The Balaban J connectivity index is 2.31. The highest BCUT2D eigenvalue weighted by Gasteiger charge is 2.19. The molecule has 0 bridgehead atoms. The lowest BCUT2D eigenvalue weighted by Crippen LogP contribution is -2.14. The van der Waals surface area contributed by atoms with Crippen LogP contribution in [-0.2, 0) is 0 Å². The zero-order chi connectivity index (χ0) is 14.0. The number of halogens is 2. The van der Waals surface area contributed by atoms with Crippen molar-refractivity contribution in [2.24, 2.45) is 0 Å². The molecule has 2 N–H and O–H groups in total. The zero-order valence-electron chi connectivity index (χ0n) is 9.18. The lowest BCUT2D eigenvalue weighted by Gasteiger charge is -2.07. The highest BCUT2D eigenvalue weighted by atomic mass is 35.5. The van der Waals surface area contributed by atoms with Gasteiger partial charge in [-0.3, -0.25) is 4.79 Å². The van der Waals surface area contributed by atoms with Gasteiger partial charge < -0.3 is 10.4 Å². The number of carbonyl (C=O) groups is 2. The maximum Gasteiger partial charge on any atom is 0.357 e. The van der Waals surface area contributed by atoms with Gasteiger partial charge in [0.05, 0.1) is 21.1 Å². The Morgan fingerprint density at radius 3 is 2.47 bits per heavy atom. The normalized spacial score (nSPS) is 10.2. The lowest BCUT2D eigenvalue weighted by molar-refractivity contribution is 0.0692. The number of aromatic carboxylic acids is 1. The second-order valence-corrected chi connectivity index (χ2v) is 5.06. The molecule has 5 nitrogen and oxygen atoms in total. The molecule has 0 saturated heterocycles. The molecule has 0 unspecified atom stereocenters. The van der Waals surface area contributed by atoms with E-state index >= 15 is 0 Å². The summed E-state index contributed by atoms with van der Waals surface area (Å²) < 4.78 is 0. The number of benzene rings is 1. The topological polar surface area (TPSA) is 79.3 Å². The Hall–Kier alpha value is -1.63. The number of nitrogens with one attached hydrogen (secondary N) is 1. The molecule has 1 amide bonds. The molecule has 2 aromatic rings. The maximum atomic E-state index is 12.0. The number of anilines is 1. The summed E-state index contributed by atoms with van der Waals surface area (Å²) in [6.07, 6.45) is 0. The molecule has 98 valence electrons. The molecular formula is C11H6Cl2N2O3S. The molecule has 1 aromatic heterocycles. The van der Waals surface area contributed by atoms with Gasteiger partial charge in [-0.15, -0.1) is 11.3 Å². The Labute approximate surface area is 121 Å². The van der Waals surface area contributed by atoms with Gasteiger partial charge in [0.2, 0.25) is 0 Å². The average molecular weight is 317 g/mol. The third-order valence-corrected chi connectivity index (χ3v) is 3.56. The van der Waals surface area contributed by atoms with Crippen molar-refractivity contribution in [1.82, 2.24) is 4.98 Å². The minimum Gasteiger partial charge on any atom is -0.476 e. The number of carbonyl (C=O) groups excluding carboxylic acids is 1. The van der Waals surface area contributed by atoms with Gasteiger partial charge in [-0.25, -0.2) is 9.78 Å². The number of aromatic nitrogens is 1. The van der Waals surface area contributed by atoms with Crippen LogP contribution in [0.4, 0.5) is 5.00 Å². The molecule has 2 rings (SSSR count). The quantitative estimate of drug-likeness (QED) is 0.909. The smallest absolute Gasteiger partial charge is 0.357 e. The average Bonchev–Trinajstić information content (AvgIpc) is 2.76. The number of rotatable bonds is 3. The van der Waals surface area contributed by atoms with Gasteiger partial charge in [-0.2, -0.15) is 0 Å². The first-order chi connectivity index (χ1) is 9.00. The van der Waals surface area contributed by atoms with Gasteiger partial charge in [-0.1, -0.05) is 29.3 Å². The monoisotopic (exact) mass is 316 g/mol. The second-order valence-electron chi connectivity index (χ2n) is 3.39. The standard InChI is InChI=1S/C11H6Cl2N2O3S/c12-5-2-1-3-6(13)7(5)9(16)15-10-8(11(17)18)14-4-19-10/h1-4H,(H,15,16)(H,17,18). The highest BCUT2D eigenvalue weighted by molar-refractivity contribution is 7.14. The Kier molecular flexibility index (Phi) is 4.04. The van der Waals surface area contributed by atoms with Crippen LogP contribution < -0.4 is 5.32 Å². The van der Waals surface area contributed by atoms with Gasteiger partial charge in [0.1, 0.15) is 5.00 Å². The summed E-state index contributed by atoms with van der Waals surface area (Å²) >= 11 is 12.8. The van der Waals surface area contributed by atoms with Crippen LogP contribution in [0.25, 0.3) is 0 Å². The van der Waals surface area contributed by atoms with Crippen molar-refractivity contribution in [3.05, 3.63) is 45.0 Å². The largest absolute Gasteiger partial charge is 0.476 e. The highest BCUT2D eigenvalue weighted by Crippen LogP contribution is 2.27. The summed E-state index contributed by atoms with van der Waals surface area (Å²) in [5, 5.41) is 11.8. The van der Waals surface area contributed by atoms with E-state index < -0.39 is 11.9 Å². The summed E-state index contributed by atoms with van der Waals surface area (Å²) in [5.41, 5.74) is 1.20. The van der Waals surface area contributed by atoms with E-state index in [0.717, 1.165) is 11.3 Å². The van der Waals surface area contributed by atoms with Crippen LogP contribution in [0.2, 0.25) is 10.0 Å². The molecule has 0 saturated carbocycles. The van der Waals surface area contributed by atoms with E-state index in [2.05, 4.69) is 10.3 Å². The van der Waals surface area contributed by atoms with E-state index in [1.807, 2.05) is 0 Å². The van der Waals surface area contributed by atoms with E-state index in [-0.39, 0.29) is 26.3 Å². The predicted molar refractivity (Wildman–Crippen MR) is 73.5 cm³/mol. The first-order valence-corrected chi connectivity index (χ1v) is 6.56. The molecule has 0 spiro atoms. The minimum atomic E-state index is -1.22. The number of thiazole rings is 1. The lowest BCUT2D eigenvalue weighted by atomic mass is 10.2. The Morgan fingerprint density at radius 1 is 1.26 bits per heavy atom. The Bertz CT molecular complexity index is 637. The molecular weight excluding hydrogens is 311 g/mol. The summed E-state index contributed by atoms with van der Waals surface area (Å²) in [4.78, 5) is 26.6. The van der Waals surface area contributed by atoms with Gasteiger partial charge in [0.25, 0.3) is 5.91 Å². The SMILES string of the molecule is O=C(O)c1ncsc1NC(=O)c1c(Cl)cccc1Cl. The second kappa shape index (κ2) is 5.56. The molecule has 1 heterocycles. The summed E-state index contributed by atoms with van der Waals surface area (Å²) in [6, 6.07) is 4.65. The van der Waals surface area contributed by atoms with E-state index in [1.54, 1.807) is 6.07 Å². The number of hydrogen-bond donors (Lipinski definition) is 2. The minimum absolute atomic E-state index is 0.0931. The maximum absolute atomic E-state index is 12.0. The number of hydrogen-bond acceptors (Lipinski definition) is 4. The third-order valence-electron chi connectivity index (χ3n) is 2.19. The van der Waals surface area contributed by atoms with Crippen LogP contribution in [0.1, 0.15) is 20.8 Å². The molecule has 0 atom stereocenters. The van der Waals surface area contributed by atoms with Crippen LogP contribution in [0.3, 0.4) is 0 Å². The summed E-state index contributed by atoms with van der Waals surface area (Å²) in [7, 11) is 0. The molecule has 1 aromatic carbocycles. The van der Waals surface area contributed by atoms with Crippen LogP contribution in [-0.4, -0.2) is 22.0 Å². The first kappa shape index (κ1) is 13.8. The van der Waals surface area contributed by atoms with Crippen molar-refractivity contribution in [3.63, 3.8) is 0 Å². The van der Waals surface area contributed by atoms with Crippen molar-refractivity contribution in [2.75, 3.05) is 5.32 Å². The van der Waals surface area contributed by atoms with Gasteiger partial charge in [0.15, 0.2) is 5.69 Å². The van der Waals surface area contributed by atoms with Crippen molar-refractivity contribution in [2.45, 2.75) is 0 Å². The predicted octanol–water partition coefficient (Wildman–Crippen LogP) is 3.40.